The summed E-state index contributed by atoms with van der Waals surface area (Å²) in [5.41, 5.74) is 6.09. The molecule has 1 aromatic rings. The first-order chi connectivity index (χ1) is 8.10. The Morgan fingerprint density at radius 1 is 1.29 bits per heavy atom. The highest BCUT2D eigenvalue weighted by molar-refractivity contribution is 7.85. The number of hydrogen-bond donors (Lipinski definition) is 1. The first-order valence-electron chi connectivity index (χ1n) is 6.01. The zero-order chi connectivity index (χ0) is 12.8. The fourth-order valence-electron chi connectivity index (χ4n) is 1.88. The highest BCUT2D eigenvalue weighted by atomic mass is 35.5. The molecule has 2 N–H and O–H groups in total. The Labute approximate surface area is 111 Å². The molecule has 1 rings (SSSR count). The number of benzene rings is 1. The summed E-state index contributed by atoms with van der Waals surface area (Å²) in [5, 5.41) is 0.688. The van der Waals surface area contributed by atoms with Gasteiger partial charge < -0.3 is 5.73 Å². The molecule has 3 unspecified atom stereocenters. The molecule has 0 heterocycles. The van der Waals surface area contributed by atoms with E-state index in [1.54, 1.807) is 12.1 Å². The summed E-state index contributed by atoms with van der Waals surface area (Å²) < 4.78 is 12.4. The van der Waals surface area contributed by atoms with Gasteiger partial charge in [0.25, 0.3) is 0 Å². The average molecular weight is 274 g/mol. The lowest BCUT2D eigenvalue weighted by Gasteiger charge is -2.21. The van der Waals surface area contributed by atoms with Crippen molar-refractivity contribution in [2.24, 2.45) is 5.73 Å². The van der Waals surface area contributed by atoms with E-state index in [-0.39, 0.29) is 11.3 Å². The molecule has 0 radical (unpaired) electrons. The van der Waals surface area contributed by atoms with Gasteiger partial charge in [0.1, 0.15) is 0 Å². The van der Waals surface area contributed by atoms with Crippen LogP contribution in [0.15, 0.2) is 29.2 Å². The highest BCUT2D eigenvalue weighted by Gasteiger charge is 2.22. The maximum atomic E-state index is 12.4. The van der Waals surface area contributed by atoms with Crippen molar-refractivity contribution in [3.63, 3.8) is 0 Å². The number of nitrogens with two attached hydrogens (primary N) is 1. The summed E-state index contributed by atoms with van der Waals surface area (Å²) in [4.78, 5) is 0.813. The monoisotopic (exact) mass is 273 g/mol. The van der Waals surface area contributed by atoms with E-state index in [0.717, 1.165) is 24.2 Å². The van der Waals surface area contributed by atoms with Crippen molar-refractivity contribution in [2.75, 3.05) is 0 Å². The van der Waals surface area contributed by atoms with Crippen molar-refractivity contribution >= 4 is 22.4 Å². The standard InChI is InChI=1S/C13H20ClNOS/c1-3-5-12(15)13(4-2)17(16)11-8-6-10(14)7-9-11/h6-9,12-13H,3-5,15H2,1-2H3. The summed E-state index contributed by atoms with van der Waals surface area (Å²) in [5.74, 6) is 0. The van der Waals surface area contributed by atoms with Crippen LogP contribution in [-0.4, -0.2) is 15.5 Å². The number of rotatable bonds is 6. The van der Waals surface area contributed by atoms with Gasteiger partial charge in [0, 0.05) is 16.0 Å². The van der Waals surface area contributed by atoms with Crippen molar-refractivity contribution in [2.45, 2.75) is 49.3 Å². The Morgan fingerprint density at radius 2 is 1.88 bits per heavy atom. The molecule has 0 saturated heterocycles. The second-order valence-electron chi connectivity index (χ2n) is 4.15. The van der Waals surface area contributed by atoms with E-state index in [9.17, 15) is 4.21 Å². The van der Waals surface area contributed by atoms with E-state index in [4.69, 9.17) is 17.3 Å². The largest absolute Gasteiger partial charge is 0.327 e. The molecule has 0 saturated carbocycles. The van der Waals surface area contributed by atoms with Gasteiger partial charge in [-0.25, -0.2) is 0 Å². The molecule has 0 bridgehead atoms. The Kier molecular flexibility index (Phi) is 6.17. The molecule has 0 aliphatic heterocycles. The molecule has 0 aromatic heterocycles. The van der Waals surface area contributed by atoms with Crippen LogP contribution in [0.5, 0.6) is 0 Å². The lowest BCUT2D eigenvalue weighted by Crippen LogP contribution is -2.37. The summed E-state index contributed by atoms with van der Waals surface area (Å²) in [6.45, 7) is 4.13. The van der Waals surface area contributed by atoms with Gasteiger partial charge in [-0.3, -0.25) is 4.21 Å². The third-order valence-electron chi connectivity index (χ3n) is 2.82. The second-order valence-corrected chi connectivity index (χ2v) is 6.26. The fraction of sp³-hybridized carbons (Fsp3) is 0.538. The van der Waals surface area contributed by atoms with Gasteiger partial charge in [-0.2, -0.15) is 0 Å². The van der Waals surface area contributed by atoms with E-state index in [1.165, 1.54) is 0 Å². The minimum Gasteiger partial charge on any atom is -0.327 e. The molecule has 17 heavy (non-hydrogen) atoms. The van der Waals surface area contributed by atoms with Gasteiger partial charge in [-0.1, -0.05) is 31.9 Å². The zero-order valence-corrected chi connectivity index (χ0v) is 11.9. The zero-order valence-electron chi connectivity index (χ0n) is 10.4. The van der Waals surface area contributed by atoms with Gasteiger partial charge >= 0.3 is 0 Å². The van der Waals surface area contributed by atoms with Crippen LogP contribution in [0.1, 0.15) is 33.1 Å². The predicted molar refractivity (Wildman–Crippen MR) is 74.8 cm³/mol. The Balaban J connectivity index is 2.82. The van der Waals surface area contributed by atoms with Crippen molar-refractivity contribution < 1.29 is 4.21 Å². The molecule has 0 amide bonds. The fourth-order valence-corrected chi connectivity index (χ4v) is 3.51. The summed E-state index contributed by atoms with van der Waals surface area (Å²) >= 11 is 5.82. The second kappa shape index (κ2) is 7.14. The number of halogens is 1. The molecule has 0 fully saturated rings. The van der Waals surface area contributed by atoms with Crippen LogP contribution in [0, 0.1) is 0 Å². The van der Waals surface area contributed by atoms with Crippen LogP contribution < -0.4 is 5.73 Å². The average Bonchev–Trinajstić information content (AvgIpc) is 2.31. The third-order valence-corrected chi connectivity index (χ3v) is 5.04. The van der Waals surface area contributed by atoms with Gasteiger partial charge in [0.15, 0.2) is 0 Å². The van der Waals surface area contributed by atoms with E-state index in [2.05, 4.69) is 6.92 Å². The molecule has 96 valence electrons. The van der Waals surface area contributed by atoms with E-state index in [0.29, 0.717) is 5.02 Å². The van der Waals surface area contributed by atoms with Crippen molar-refractivity contribution in [1.82, 2.24) is 0 Å². The maximum Gasteiger partial charge on any atom is 0.0576 e. The summed E-state index contributed by atoms with van der Waals surface area (Å²) in [6.07, 6.45) is 2.77. The first kappa shape index (κ1) is 14.7. The molecule has 4 heteroatoms. The molecular formula is C13H20ClNOS. The van der Waals surface area contributed by atoms with Crippen molar-refractivity contribution in [3.05, 3.63) is 29.3 Å². The SMILES string of the molecule is CCCC(N)C(CC)S(=O)c1ccc(Cl)cc1. The van der Waals surface area contributed by atoms with Crippen LogP contribution in [-0.2, 0) is 10.8 Å². The first-order valence-corrected chi connectivity index (χ1v) is 7.61. The maximum absolute atomic E-state index is 12.4. The van der Waals surface area contributed by atoms with Crippen LogP contribution in [0.4, 0.5) is 0 Å². The molecule has 3 atom stereocenters. The smallest absolute Gasteiger partial charge is 0.0576 e. The molecule has 1 aromatic carbocycles. The Morgan fingerprint density at radius 3 is 2.35 bits per heavy atom. The molecule has 0 aliphatic rings. The van der Waals surface area contributed by atoms with Crippen LogP contribution in [0.25, 0.3) is 0 Å². The van der Waals surface area contributed by atoms with Crippen LogP contribution in [0.2, 0.25) is 5.02 Å². The quantitative estimate of drug-likeness (QED) is 0.864. The Hall–Kier alpha value is -0.380. The van der Waals surface area contributed by atoms with Gasteiger partial charge in [-0.15, -0.1) is 0 Å². The molecule has 0 spiro atoms. The van der Waals surface area contributed by atoms with E-state index in [1.807, 2.05) is 19.1 Å². The Bertz CT molecular complexity index is 366. The van der Waals surface area contributed by atoms with Crippen LogP contribution >= 0.6 is 11.6 Å². The predicted octanol–water partition coefficient (Wildman–Crippen LogP) is 3.35. The summed E-state index contributed by atoms with van der Waals surface area (Å²) in [6, 6.07) is 7.18. The lowest BCUT2D eigenvalue weighted by atomic mass is 10.1. The van der Waals surface area contributed by atoms with Gasteiger partial charge in [0.2, 0.25) is 0 Å². The number of hydrogen-bond acceptors (Lipinski definition) is 2. The summed E-state index contributed by atoms with van der Waals surface area (Å²) in [7, 11) is -1.04. The third kappa shape index (κ3) is 4.09. The van der Waals surface area contributed by atoms with E-state index < -0.39 is 10.8 Å². The molecular weight excluding hydrogens is 254 g/mol. The van der Waals surface area contributed by atoms with Gasteiger partial charge in [-0.05, 0) is 37.1 Å². The topological polar surface area (TPSA) is 43.1 Å². The minimum atomic E-state index is -1.04. The van der Waals surface area contributed by atoms with Gasteiger partial charge in [0.05, 0.1) is 16.0 Å². The highest BCUT2D eigenvalue weighted by Crippen LogP contribution is 2.20. The molecule has 0 aliphatic carbocycles. The van der Waals surface area contributed by atoms with Crippen molar-refractivity contribution in [3.8, 4) is 0 Å². The minimum absolute atomic E-state index is 0.00140. The van der Waals surface area contributed by atoms with Crippen LogP contribution in [0.3, 0.4) is 0 Å². The van der Waals surface area contributed by atoms with E-state index >= 15 is 0 Å². The van der Waals surface area contributed by atoms with Crippen molar-refractivity contribution in [1.29, 1.82) is 0 Å². The normalized spacial score (nSPS) is 16.5. The molecule has 2 nitrogen and oxygen atoms in total. The lowest BCUT2D eigenvalue weighted by molar-refractivity contribution is 0.550.